The van der Waals surface area contributed by atoms with E-state index in [1.165, 1.54) is 12.1 Å². The van der Waals surface area contributed by atoms with Crippen LogP contribution in [0.1, 0.15) is 10.4 Å². The molecule has 0 spiro atoms. The zero-order valence-electron chi connectivity index (χ0n) is 8.79. The number of aromatic carboxylic acids is 1. The molecular weight excluding hydrogens is 294 g/mol. The molecule has 0 amide bonds. The Morgan fingerprint density at radius 2 is 1.67 bits per heavy atom. The van der Waals surface area contributed by atoms with E-state index < -0.39 is 28.1 Å². The fraction of sp³-hybridized carbons (Fsp3) is 0. The Bertz CT molecular complexity index is 426. The second-order valence-electron chi connectivity index (χ2n) is 2.58. The zero-order chi connectivity index (χ0) is 13.4. The number of nitro groups is 1. The fourth-order valence-electron chi connectivity index (χ4n) is 0.805. The molecule has 0 aromatic heterocycles. The third kappa shape index (κ3) is 6.41. The zero-order valence-corrected chi connectivity index (χ0v) is 9.73. The topological polar surface area (TPSA) is 123 Å². The number of carbonyl (C=O) groups excluding carboxylic acids is 2. The molecule has 0 aliphatic rings. The largest absolute Gasteiger partial charge is 2.00 e. The number of aliphatic carboxylic acids is 1. The van der Waals surface area contributed by atoms with Gasteiger partial charge in [0, 0.05) is 6.07 Å². The minimum atomic E-state index is -1.54. The monoisotopic (exact) mass is 300 g/mol. The Kier molecular flexibility index (Phi) is 9.01. The van der Waals surface area contributed by atoms with Crippen molar-refractivity contribution in [1.29, 1.82) is 0 Å². The standard InChI is InChI=1S/C7H5NO4.C3H4O2.Cu/c9-7(10)5-3-1-2-4-6(5)8(11)12;1-2-3(4)5;/h1-4H,(H,9,10);2H,1H2,(H,4,5);/q;;+2/p-2. The summed E-state index contributed by atoms with van der Waals surface area (Å²) >= 11 is 0. The number of carboxylic acids is 2. The summed E-state index contributed by atoms with van der Waals surface area (Å²) in [6.45, 7) is 2.90. The molecule has 99 valence electrons. The van der Waals surface area contributed by atoms with Gasteiger partial charge < -0.3 is 19.8 Å². The number of carboxylic acid groups (broad SMARTS) is 2. The second kappa shape index (κ2) is 8.91. The van der Waals surface area contributed by atoms with Crippen LogP contribution in [0.5, 0.6) is 0 Å². The van der Waals surface area contributed by atoms with Gasteiger partial charge in [-0.2, -0.15) is 0 Å². The number of nitro benzene ring substituents is 1. The van der Waals surface area contributed by atoms with Gasteiger partial charge in [0.2, 0.25) is 0 Å². The number of benzene rings is 1. The Labute approximate surface area is 112 Å². The van der Waals surface area contributed by atoms with Gasteiger partial charge in [-0.05, 0) is 12.1 Å². The SMILES string of the molecule is C=CC(=O)[O-].O=C([O-])c1ccccc1[N+](=O)[O-].[Cu+2]. The summed E-state index contributed by atoms with van der Waals surface area (Å²) in [5, 5.41) is 29.7. The van der Waals surface area contributed by atoms with Crippen LogP contribution in [0.15, 0.2) is 36.9 Å². The summed E-state index contributed by atoms with van der Waals surface area (Å²) in [5.74, 6) is -2.77. The van der Waals surface area contributed by atoms with Crippen LogP contribution >= 0.6 is 0 Å². The van der Waals surface area contributed by atoms with E-state index in [0.29, 0.717) is 0 Å². The molecule has 7 nitrogen and oxygen atoms in total. The average molecular weight is 301 g/mol. The minimum absolute atomic E-state index is 0. The van der Waals surface area contributed by atoms with Crippen molar-refractivity contribution in [2.45, 2.75) is 0 Å². The van der Waals surface area contributed by atoms with Crippen LogP contribution in [0.2, 0.25) is 0 Å². The van der Waals surface area contributed by atoms with E-state index >= 15 is 0 Å². The van der Waals surface area contributed by atoms with Gasteiger partial charge in [0.05, 0.1) is 22.4 Å². The van der Waals surface area contributed by atoms with E-state index in [9.17, 15) is 20.0 Å². The van der Waals surface area contributed by atoms with Gasteiger partial charge in [0.25, 0.3) is 5.69 Å². The number of rotatable bonds is 3. The average Bonchev–Trinajstić information content (AvgIpc) is 2.29. The van der Waals surface area contributed by atoms with Crippen molar-refractivity contribution >= 4 is 17.6 Å². The van der Waals surface area contributed by atoms with Gasteiger partial charge in [0.1, 0.15) is 0 Å². The van der Waals surface area contributed by atoms with Gasteiger partial charge in [-0.25, -0.2) is 0 Å². The van der Waals surface area contributed by atoms with E-state index in [-0.39, 0.29) is 17.1 Å². The van der Waals surface area contributed by atoms with E-state index in [0.717, 1.165) is 18.2 Å². The quantitative estimate of drug-likeness (QED) is 0.301. The molecule has 0 unspecified atom stereocenters. The number of para-hydroxylation sites is 1. The molecule has 0 saturated carbocycles. The molecule has 0 heterocycles. The Balaban J connectivity index is 0. The molecule has 0 aliphatic carbocycles. The number of hydrogen-bond donors (Lipinski definition) is 0. The van der Waals surface area contributed by atoms with Crippen molar-refractivity contribution in [2.24, 2.45) is 0 Å². The first-order valence-corrected chi connectivity index (χ1v) is 4.18. The Morgan fingerprint density at radius 1 is 1.22 bits per heavy atom. The van der Waals surface area contributed by atoms with Gasteiger partial charge in [-0.1, -0.05) is 18.7 Å². The van der Waals surface area contributed by atoms with Crippen LogP contribution in [0.3, 0.4) is 0 Å². The van der Waals surface area contributed by atoms with E-state index in [1.54, 1.807) is 0 Å². The van der Waals surface area contributed by atoms with E-state index in [1.807, 2.05) is 0 Å². The Hall–Kier alpha value is -2.18. The van der Waals surface area contributed by atoms with Gasteiger partial charge in [-0.3, -0.25) is 10.1 Å². The Morgan fingerprint density at radius 3 is 1.94 bits per heavy atom. The summed E-state index contributed by atoms with van der Waals surface area (Å²) < 4.78 is 0. The van der Waals surface area contributed by atoms with Crippen molar-refractivity contribution in [3.63, 3.8) is 0 Å². The third-order valence-corrected chi connectivity index (χ3v) is 1.49. The summed E-state index contributed by atoms with van der Waals surface area (Å²) in [4.78, 5) is 28.9. The van der Waals surface area contributed by atoms with Gasteiger partial charge in [-0.15, -0.1) is 0 Å². The van der Waals surface area contributed by atoms with Crippen molar-refractivity contribution in [3.05, 3.63) is 52.6 Å². The second-order valence-corrected chi connectivity index (χ2v) is 2.58. The first-order chi connectivity index (χ1) is 7.90. The molecule has 8 heteroatoms. The number of carbonyl (C=O) groups is 2. The van der Waals surface area contributed by atoms with E-state index in [4.69, 9.17) is 9.90 Å². The normalized spacial score (nSPS) is 8.00. The molecule has 0 atom stereocenters. The molecule has 1 aromatic rings. The molecule has 0 N–H and O–H groups in total. The third-order valence-electron chi connectivity index (χ3n) is 1.49. The molecule has 0 saturated heterocycles. The minimum Gasteiger partial charge on any atom is -0.545 e. The summed E-state index contributed by atoms with van der Waals surface area (Å²) in [6, 6.07) is 5.04. The first-order valence-electron chi connectivity index (χ1n) is 4.18. The van der Waals surface area contributed by atoms with Crippen LogP contribution in [0.4, 0.5) is 5.69 Å². The predicted molar refractivity (Wildman–Crippen MR) is 52.6 cm³/mol. The molecule has 0 aliphatic heterocycles. The van der Waals surface area contributed by atoms with Crippen molar-refractivity contribution in [3.8, 4) is 0 Å². The number of nitrogens with zero attached hydrogens (tertiary/aromatic N) is 1. The maximum Gasteiger partial charge on any atom is 2.00 e. The molecular formula is C10H7CuNO6. The van der Waals surface area contributed by atoms with Crippen LogP contribution in [0.25, 0.3) is 0 Å². The van der Waals surface area contributed by atoms with Crippen molar-refractivity contribution < 1.29 is 41.8 Å². The predicted octanol–water partition coefficient (Wildman–Crippen LogP) is -1.12. The molecule has 1 radical (unpaired) electrons. The summed E-state index contributed by atoms with van der Waals surface area (Å²) in [7, 11) is 0. The fourth-order valence-corrected chi connectivity index (χ4v) is 0.805. The van der Waals surface area contributed by atoms with Gasteiger partial charge >= 0.3 is 17.1 Å². The first kappa shape index (κ1) is 18.2. The summed E-state index contributed by atoms with van der Waals surface area (Å²) in [5.41, 5.74) is -0.847. The molecule has 18 heavy (non-hydrogen) atoms. The molecule has 0 fully saturated rings. The van der Waals surface area contributed by atoms with Crippen molar-refractivity contribution in [2.75, 3.05) is 0 Å². The van der Waals surface area contributed by atoms with Crippen LogP contribution < -0.4 is 10.2 Å². The molecule has 0 bridgehead atoms. The maximum absolute atomic E-state index is 10.3. The van der Waals surface area contributed by atoms with E-state index in [2.05, 4.69) is 6.58 Å². The number of hydrogen-bond acceptors (Lipinski definition) is 6. The van der Waals surface area contributed by atoms with Crippen LogP contribution in [0, 0.1) is 10.1 Å². The molecule has 1 rings (SSSR count). The summed E-state index contributed by atoms with van der Waals surface area (Å²) in [6.07, 6.45) is 0.722. The van der Waals surface area contributed by atoms with Crippen LogP contribution in [-0.4, -0.2) is 16.9 Å². The maximum atomic E-state index is 10.3. The van der Waals surface area contributed by atoms with Crippen LogP contribution in [-0.2, 0) is 21.9 Å². The van der Waals surface area contributed by atoms with Gasteiger partial charge in [0.15, 0.2) is 0 Å². The molecule has 1 aromatic carbocycles. The van der Waals surface area contributed by atoms with Crippen molar-refractivity contribution in [1.82, 2.24) is 0 Å². The smallest absolute Gasteiger partial charge is 0.545 e.